The first-order chi connectivity index (χ1) is 7.01. The minimum atomic E-state index is -4.18. The van der Waals surface area contributed by atoms with Crippen LogP contribution in [0.3, 0.4) is 0 Å². The van der Waals surface area contributed by atoms with Crippen molar-refractivity contribution in [2.24, 2.45) is 0 Å². The molecule has 1 aromatic heterocycles. The van der Waals surface area contributed by atoms with Crippen molar-refractivity contribution >= 4 is 0 Å². The molecule has 0 atom stereocenters. The summed E-state index contributed by atoms with van der Waals surface area (Å²) in [5, 5.41) is 10.1. The molecular weight excluding hydrogens is 211 g/mol. The molecule has 0 saturated heterocycles. The molecule has 7 heteroatoms. The average Bonchev–Trinajstić information content (AvgIpc) is 2.58. The van der Waals surface area contributed by atoms with Gasteiger partial charge in [0, 0.05) is 6.42 Å². The lowest BCUT2D eigenvalue weighted by Gasteiger charge is -2.02. The molecule has 86 valence electrons. The average molecular weight is 223 g/mol. The van der Waals surface area contributed by atoms with Crippen LogP contribution in [-0.4, -0.2) is 22.9 Å². The predicted molar refractivity (Wildman–Crippen MR) is 46.1 cm³/mol. The van der Waals surface area contributed by atoms with Crippen molar-refractivity contribution in [2.75, 3.05) is 6.54 Å². The predicted octanol–water partition coefficient (Wildman–Crippen LogP) is 1.67. The van der Waals surface area contributed by atoms with E-state index in [1.165, 1.54) is 0 Å². The van der Waals surface area contributed by atoms with E-state index in [0.717, 1.165) is 6.54 Å². The molecule has 1 rings (SSSR count). The van der Waals surface area contributed by atoms with Gasteiger partial charge in [-0.05, 0) is 6.54 Å². The van der Waals surface area contributed by atoms with Gasteiger partial charge in [0.15, 0.2) is 0 Å². The summed E-state index contributed by atoms with van der Waals surface area (Å²) in [6.45, 7) is 3.02. The zero-order chi connectivity index (χ0) is 11.3. The molecule has 0 fully saturated rings. The Morgan fingerprint density at radius 3 is 2.53 bits per heavy atom. The maximum Gasteiger partial charge on any atom is 0.389 e. The second kappa shape index (κ2) is 5.11. The van der Waals surface area contributed by atoms with Crippen LogP contribution in [-0.2, 0) is 13.0 Å². The van der Waals surface area contributed by atoms with Crippen LogP contribution in [0.2, 0.25) is 0 Å². The van der Waals surface area contributed by atoms with E-state index in [1.807, 2.05) is 6.92 Å². The fourth-order valence-electron chi connectivity index (χ4n) is 0.941. The number of nitrogens with one attached hydrogen (secondary N) is 1. The summed E-state index contributed by atoms with van der Waals surface area (Å²) in [5.74, 6) is 0.342. The Hall–Kier alpha value is -1.11. The maximum absolute atomic E-state index is 11.8. The first-order valence-corrected chi connectivity index (χ1v) is 4.60. The molecule has 1 aromatic rings. The van der Waals surface area contributed by atoms with Gasteiger partial charge in [-0.25, -0.2) is 0 Å². The zero-order valence-electron chi connectivity index (χ0n) is 8.26. The summed E-state index contributed by atoms with van der Waals surface area (Å²) < 4.78 is 40.5. The summed E-state index contributed by atoms with van der Waals surface area (Å²) >= 11 is 0. The van der Waals surface area contributed by atoms with Crippen molar-refractivity contribution in [3.63, 3.8) is 0 Å². The maximum atomic E-state index is 11.8. The first-order valence-electron chi connectivity index (χ1n) is 4.60. The van der Waals surface area contributed by atoms with Crippen molar-refractivity contribution in [3.8, 4) is 0 Å². The van der Waals surface area contributed by atoms with Crippen LogP contribution in [0.15, 0.2) is 4.42 Å². The van der Waals surface area contributed by atoms with Crippen LogP contribution in [0, 0.1) is 0 Å². The number of rotatable bonds is 5. The number of alkyl halides is 3. The molecule has 0 aliphatic heterocycles. The Labute approximate surface area is 84.9 Å². The second-order valence-corrected chi connectivity index (χ2v) is 2.99. The normalized spacial score (nSPS) is 12.0. The molecule has 0 aromatic carbocycles. The van der Waals surface area contributed by atoms with Crippen molar-refractivity contribution in [3.05, 3.63) is 11.8 Å². The molecule has 15 heavy (non-hydrogen) atoms. The quantitative estimate of drug-likeness (QED) is 0.825. The van der Waals surface area contributed by atoms with Gasteiger partial charge >= 0.3 is 6.18 Å². The molecule has 0 aliphatic carbocycles. The summed E-state index contributed by atoms with van der Waals surface area (Å²) in [7, 11) is 0. The Morgan fingerprint density at radius 1 is 1.27 bits per heavy atom. The molecule has 0 spiro atoms. The van der Waals surface area contributed by atoms with Gasteiger partial charge in [0.2, 0.25) is 11.8 Å². The Kier molecular flexibility index (Phi) is 4.07. The smallest absolute Gasteiger partial charge is 0.389 e. The van der Waals surface area contributed by atoms with Gasteiger partial charge in [-0.1, -0.05) is 6.92 Å². The van der Waals surface area contributed by atoms with Crippen LogP contribution >= 0.6 is 0 Å². The Bertz CT molecular complexity index is 298. The second-order valence-electron chi connectivity index (χ2n) is 2.99. The van der Waals surface area contributed by atoms with Gasteiger partial charge in [0.05, 0.1) is 13.0 Å². The fourth-order valence-corrected chi connectivity index (χ4v) is 0.941. The first kappa shape index (κ1) is 12.0. The third kappa shape index (κ3) is 4.78. The monoisotopic (exact) mass is 223 g/mol. The number of hydrogen-bond acceptors (Lipinski definition) is 4. The summed E-state index contributed by atoms with van der Waals surface area (Å²) in [5.41, 5.74) is 0. The molecule has 0 amide bonds. The lowest BCUT2D eigenvalue weighted by atomic mass is 10.3. The molecule has 4 nitrogen and oxygen atoms in total. The minimum Gasteiger partial charge on any atom is -0.424 e. The number of hydrogen-bond donors (Lipinski definition) is 1. The van der Waals surface area contributed by atoms with E-state index >= 15 is 0 Å². The zero-order valence-corrected chi connectivity index (χ0v) is 8.26. The van der Waals surface area contributed by atoms with Crippen molar-refractivity contribution < 1.29 is 17.6 Å². The summed E-state index contributed by atoms with van der Waals surface area (Å²) in [4.78, 5) is 0. The topological polar surface area (TPSA) is 51.0 Å². The minimum absolute atomic E-state index is 0.0280. The van der Waals surface area contributed by atoms with Crippen molar-refractivity contribution in [1.82, 2.24) is 15.5 Å². The lowest BCUT2D eigenvalue weighted by molar-refractivity contribution is -0.134. The van der Waals surface area contributed by atoms with Crippen LogP contribution < -0.4 is 5.32 Å². The number of halogens is 3. The van der Waals surface area contributed by atoms with Crippen LogP contribution in [0.25, 0.3) is 0 Å². The molecule has 1 heterocycles. The lowest BCUT2D eigenvalue weighted by Crippen LogP contribution is -2.11. The van der Waals surface area contributed by atoms with Crippen LogP contribution in [0.5, 0.6) is 0 Å². The highest BCUT2D eigenvalue weighted by Crippen LogP contribution is 2.21. The highest BCUT2D eigenvalue weighted by molar-refractivity contribution is 4.82. The molecule has 0 bridgehead atoms. The molecular formula is C8H12F3N3O. The van der Waals surface area contributed by atoms with Gasteiger partial charge in [-0.2, -0.15) is 13.2 Å². The molecule has 0 aliphatic rings. The van der Waals surface area contributed by atoms with Gasteiger partial charge in [0.25, 0.3) is 0 Å². The number of aryl methyl sites for hydroxylation is 1. The Morgan fingerprint density at radius 2 is 1.93 bits per heavy atom. The van der Waals surface area contributed by atoms with Crippen molar-refractivity contribution in [1.29, 1.82) is 0 Å². The van der Waals surface area contributed by atoms with E-state index in [1.54, 1.807) is 0 Å². The third-order valence-electron chi connectivity index (χ3n) is 1.66. The van der Waals surface area contributed by atoms with Gasteiger partial charge < -0.3 is 9.73 Å². The van der Waals surface area contributed by atoms with Crippen LogP contribution in [0.4, 0.5) is 13.2 Å². The molecule has 0 radical (unpaired) electrons. The largest absolute Gasteiger partial charge is 0.424 e. The highest BCUT2D eigenvalue weighted by Gasteiger charge is 2.27. The van der Waals surface area contributed by atoms with E-state index in [4.69, 9.17) is 4.42 Å². The van der Waals surface area contributed by atoms with Gasteiger partial charge in [-0.3, -0.25) is 0 Å². The fraction of sp³-hybridized carbons (Fsp3) is 0.750. The molecule has 0 unspecified atom stereocenters. The van der Waals surface area contributed by atoms with Crippen molar-refractivity contribution in [2.45, 2.75) is 32.5 Å². The van der Waals surface area contributed by atoms with E-state index in [9.17, 15) is 13.2 Å². The van der Waals surface area contributed by atoms with E-state index in [0.29, 0.717) is 12.4 Å². The highest BCUT2D eigenvalue weighted by atomic mass is 19.4. The molecule has 0 saturated carbocycles. The number of nitrogens with zero attached hydrogens (tertiary/aromatic N) is 2. The standard InChI is InChI=1S/C8H12F3N3O/c1-2-12-5-7-14-13-6(15-7)3-4-8(9,10)11/h12H,2-5H2,1H3. The number of aromatic nitrogens is 2. The van der Waals surface area contributed by atoms with E-state index in [-0.39, 0.29) is 12.3 Å². The van der Waals surface area contributed by atoms with E-state index < -0.39 is 12.6 Å². The summed E-state index contributed by atoms with van der Waals surface area (Å²) in [6.07, 6.45) is -5.38. The van der Waals surface area contributed by atoms with E-state index in [2.05, 4.69) is 15.5 Å². The van der Waals surface area contributed by atoms with Crippen LogP contribution in [0.1, 0.15) is 25.1 Å². The Balaban J connectivity index is 2.39. The SMILES string of the molecule is CCNCc1nnc(CCC(F)(F)F)o1. The van der Waals surface area contributed by atoms with Gasteiger partial charge in [0.1, 0.15) is 0 Å². The third-order valence-corrected chi connectivity index (χ3v) is 1.66. The molecule has 1 N–H and O–H groups in total. The van der Waals surface area contributed by atoms with Gasteiger partial charge in [-0.15, -0.1) is 10.2 Å². The summed E-state index contributed by atoms with van der Waals surface area (Å²) in [6, 6.07) is 0.